The van der Waals surface area contributed by atoms with Crippen LogP contribution in [0.15, 0.2) is 30.6 Å². The number of carboxylic acid groups (broad SMARTS) is 1. The Morgan fingerprint density at radius 1 is 1.32 bits per heavy atom. The average molecular weight is 426 g/mol. The average Bonchev–Trinajstić information content (AvgIpc) is 3.39. The molecule has 1 aliphatic heterocycles. The number of hydrogen-bond donors (Lipinski definition) is 2. The highest BCUT2D eigenvalue weighted by molar-refractivity contribution is 5.95. The molecule has 0 aliphatic carbocycles. The third-order valence-corrected chi connectivity index (χ3v) is 5.85. The number of aliphatic hydroxyl groups excluding tert-OH is 1. The zero-order valence-electron chi connectivity index (χ0n) is 17.6. The molecule has 10 nitrogen and oxygen atoms in total. The topological polar surface area (TPSA) is 117 Å². The Morgan fingerprint density at radius 3 is 2.81 bits per heavy atom. The van der Waals surface area contributed by atoms with Gasteiger partial charge in [-0.05, 0) is 38.0 Å². The molecular formula is C21H26N6O4. The Bertz CT molecular complexity index is 1110. The third-order valence-electron chi connectivity index (χ3n) is 5.85. The van der Waals surface area contributed by atoms with Crippen LogP contribution in [0.3, 0.4) is 0 Å². The van der Waals surface area contributed by atoms with Crippen molar-refractivity contribution in [3.63, 3.8) is 0 Å². The Morgan fingerprint density at radius 2 is 2.13 bits per heavy atom. The molecule has 3 heterocycles. The second-order valence-electron chi connectivity index (χ2n) is 7.84. The molecule has 10 heteroatoms. The van der Waals surface area contributed by atoms with Gasteiger partial charge < -0.3 is 19.7 Å². The maximum absolute atomic E-state index is 12.6. The fourth-order valence-corrected chi connectivity index (χ4v) is 4.12. The molecule has 2 amide bonds. The van der Waals surface area contributed by atoms with Gasteiger partial charge in [0.25, 0.3) is 0 Å². The molecule has 0 spiro atoms. The molecule has 0 bridgehead atoms. The van der Waals surface area contributed by atoms with E-state index in [1.807, 2.05) is 29.8 Å². The van der Waals surface area contributed by atoms with Gasteiger partial charge in [-0.1, -0.05) is 0 Å². The number of rotatable bonds is 6. The Balaban J connectivity index is 1.79. The molecule has 4 rings (SSSR count). The van der Waals surface area contributed by atoms with Crippen LogP contribution in [0.25, 0.3) is 11.0 Å². The summed E-state index contributed by atoms with van der Waals surface area (Å²) in [5, 5.41) is 23.2. The number of aromatic nitrogens is 4. The lowest BCUT2D eigenvalue weighted by Gasteiger charge is -2.33. The van der Waals surface area contributed by atoms with Crippen molar-refractivity contribution in [3.05, 3.63) is 42.0 Å². The molecule has 1 unspecified atom stereocenters. The van der Waals surface area contributed by atoms with Crippen LogP contribution >= 0.6 is 0 Å². The number of carbonyl (C=O) groups is 2. The van der Waals surface area contributed by atoms with E-state index in [-0.39, 0.29) is 25.2 Å². The van der Waals surface area contributed by atoms with Gasteiger partial charge in [0.05, 0.1) is 16.7 Å². The quantitative estimate of drug-likeness (QED) is 0.580. The van der Waals surface area contributed by atoms with Crippen LogP contribution in [0, 0.1) is 0 Å². The molecule has 2 N–H and O–H groups in total. The lowest BCUT2D eigenvalue weighted by molar-refractivity contribution is -0.133. The predicted octanol–water partition coefficient (Wildman–Crippen LogP) is 1.70. The Labute approximate surface area is 179 Å². The number of aliphatic hydroxyl groups is 1. The van der Waals surface area contributed by atoms with E-state index in [0.29, 0.717) is 25.1 Å². The molecule has 0 fully saturated rings. The first-order chi connectivity index (χ1) is 14.9. The number of amides is 2. The molecule has 1 atom stereocenters. The molecule has 164 valence electrons. The van der Waals surface area contributed by atoms with E-state index in [1.165, 1.54) is 9.80 Å². The van der Waals surface area contributed by atoms with Crippen molar-refractivity contribution in [3.8, 4) is 0 Å². The smallest absolute Gasteiger partial charge is 0.412 e. The summed E-state index contributed by atoms with van der Waals surface area (Å²) in [5.74, 6) is 0.486. The van der Waals surface area contributed by atoms with Gasteiger partial charge in [0.1, 0.15) is 19.1 Å². The Kier molecular flexibility index (Phi) is 5.64. The van der Waals surface area contributed by atoms with Crippen molar-refractivity contribution in [1.29, 1.82) is 0 Å². The Hall–Kier alpha value is -3.40. The van der Waals surface area contributed by atoms with Crippen molar-refractivity contribution in [2.45, 2.75) is 45.3 Å². The largest absolute Gasteiger partial charge is 0.465 e. The van der Waals surface area contributed by atoms with Crippen LogP contribution in [-0.4, -0.2) is 66.3 Å². The zero-order chi connectivity index (χ0) is 22.1. The zero-order valence-corrected chi connectivity index (χ0v) is 17.6. The van der Waals surface area contributed by atoms with Crippen LogP contribution in [0.1, 0.15) is 24.7 Å². The van der Waals surface area contributed by atoms with Crippen LogP contribution in [0.4, 0.5) is 10.5 Å². The number of imidazole rings is 1. The number of hydrogen-bond acceptors (Lipinski definition) is 5. The highest BCUT2D eigenvalue weighted by Crippen LogP contribution is 2.36. The second kappa shape index (κ2) is 8.38. The van der Waals surface area contributed by atoms with Gasteiger partial charge in [-0.3, -0.25) is 14.4 Å². The molecule has 0 radical (unpaired) electrons. The number of anilines is 1. The van der Waals surface area contributed by atoms with E-state index in [9.17, 15) is 19.8 Å². The summed E-state index contributed by atoms with van der Waals surface area (Å²) < 4.78 is 3.66. The van der Waals surface area contributed by atoms with E-state index in [0.717, 1.165) is 28.8 Å². The van der Waals surface area contributed by atoms with Gasteiger partial charge in [-0.15, -0.1) is 0 Å². The fraction of sp³-hybridized carbons (Fsp3) is 0.429. The summed E-state index contributed by atoms with van der Waals surface area (Å²) in [5.41, 5.74) is 3.06. The van der Waals surface area contributed by atoms with E-state index in [2.05, 4.69) is 5.10 Å². The lowest BCUT2D eigenvalue weighted by atomic mass is 9.96. The van der Waals surface area contributed by atoms with Gasteiger partial charge in [0.2, 0.25) is 5.91 Å². The third kappa shape index (κ3) is 3.86. The normalized spacial score (nSPS) is 15.8. The SMILES string of the molecule is CC1CCc2c(ccc3c2nc(CCn2cccn2)n3CC(=O)N(C)CO)N1C(=O)O. The first-order valence-electron chi connectivity index (χ1n) is 10.3. The highest BCUT2D eigenvalue weighted by atomic mass is 16.4. The first-order valence-corrected chi connectivity index (χ1v) is 10.3. The lowest BCUT2D eigenvalue weighted by Crippen LogP contribution is -2.41. The van der Waals surface area contributed by atoms with Crippen molar-refractivity contribution in [2.75, 3.05) is 18.7 Å². The van der Waals surface area contributed by atoms with Crippen LogP contribution in [-0.2, 0) is 30.7 Å². The summed E-state index contributed by atoms with van der Waals surface area (Å²) >= 11 is 0. The van der Waals surface area contributed by atoms with Crippen molar-refractivity contribution in [1.82, 2.24) is 24.2 Å². The molecule has 1 aromatic carbocycles. The van der Waals surface area contributed by atoms with Gasteiger partial charge >= 0.3 is 6.09 Å². The summed E-state index contributed by atoms with van der Waals surface area (Å²) in [6.45, 7) is 2.17. The number of benzene rings is 1. The summed E-state index contributed by atoms with van der Waals surface area (Å²) in [7, 11) is 1.54. The summed E-state index contributed by atoms with van der Waals surface area (Å²) in [6, 6.07) is 5.38. The van der Waals surface area contributed by atoms with Crippen molar-refractivity contribution < 1.29 is 19.8 Å². The molecule has 3 aromatic rings. The number of aryl methyl sites for hydroxylation is 3. The first kappa shape index (κ1) is 20.9. The number of fused-ring (bicyclic) bond motifs is 3. The van der Waals surface area contributed by atoms with Crippen LogP contribution in [0.5, 0.6) is 0 Å². The minimum atomic E-state index is -0.981. The summed E-state index contributed by atoms with van der Waals surface area (Å²) in [4.78, 5) is 31.9. The van der Waals surface area contributed by atoms with Crippen LogP contribution in [0.2, 0.25) is 0 Å². The highest BCUT2D eigenvalue weighted by Gasteiger charge is 2.30. The van der Waals surface area contributed by atoms with E-state index in [1.54, 1.807) is 24.0 Å². The van der Waals surface area contributed by atoms with Gasteiger partial charge in [-0.25, -0.2) is 9.78 Å². The number of carbonyl (C=O) groups excluding carboxylic acids is 1. The molecule has 1 aliphatic rings. The molecular weight excluding hydrogens is 400 g/mol. The standard InChI is InChI=1S/C21H26N6O4/c1-14-4-5-15-16(27(14)21(30)31)6-7-17-20(15)23-18(8-11-25-10-3-9-22-25)26(17)12-19(29)24(2)13-28/h3,6-7,9-10,14,28H,4-5,8,11-13H2,1-2H3,(H,30,31). The number of nitrogens with zero attached hydrogens (tertiary/aromatic N) is 6. The van der Waals surface area contributed by atoms with Crippen molar-refractivity contribution >= 4 is 28.7 Å². The van der Waals surface area contributed by atoms with Gasteiger partial charge in [0.15, 0.2) is 0 Å². The maximum Gasteiger partial charge on any atom is 0.412 e. The molecule has 0 saturated carbocycles. The van der Waals surface area contributed by atoms with Gasteiger partial charge in [0, 0.05) is 44.0 Å². The number of likely N-dealkylation sites (N-methyl/N-ethyl adjacent to an activating group) is 1. The van der Waals surface area contributed by atoms with Crippen LogP contribution < -0.4 is 4.90 Å². The van der Waals surface area contributed by atoms with Gasteiger partial charge in [-0.2, -0.15) is 5.10 Å². The monoisotopic (exact) mass is 426 g/mol. The fourth-order valence-electron chi connectivity index (χ4n) is 4.12. The predicted molar refractivity (Wildman–Crippen MR) is 114 cm³/mol. The van der Waals surface area contributed by atoms with Crippen molar-refractivity contribution in [2.24, 2.45) is 0 Å². The second-order valence-corrected chi connectivity index (χ2v) is 7.84. The molecule has 2 aromatic heterocycles. The minimum absolute atomic E-state index is 0.0415. The van der Waals surface area contributed by atoms with E-state index >= 15 is 0 Å². The molecule has 0 saturated heterocycles. The molecule has 31 heavy (non-hydrogen) atoms. The summed E-state index contributed by atoms with van der Waals surface area (Å²) in [6.07, 6.45) is 4.58. The van der Waals surface area contributed by atoms with E-state index < -0.39 is 6.09 Å². The maximum atomic E-state index is 12.6. The minimum Gasteiger partial charge on any atom is -0.465 e. The van der Waals surface area contributed by atoms with E-state index in [4.69, 9.17) is 4.98 Å².